The number of carbonyl (C=O) groups excluding carboxylic acids is 3. The zero-order valence-electron chi connectivity index (χ0n) is 24.7. The number of amides is 2. The molecule has 2 heterocycles. The van der Waals surface area contributed by atoms with Crippen molar-refractivity contribution in [3.8, 4) is 0 Å². The van der Waals surface area contributed by atoms with Gasteiger partial charge in [-0.15, -0.1) is 0 Å². The molecule has 2 aliphatic rings. The molecule has 4 aromatic rings. The number of hydrogen-bond acceptors (Lipinski definition) is 5. The zero-order valence-corrected chi connectivity index (χ0v) is 24.7. The van der Waals surface area contributed by atoms with Gasteiger partial charge in [-0.2, -0.15) is 0 Å². The average Bonchev–Trinajstić information content (AvgIpc) is 3.08. The largest absolute Gasteiger partial charge is 0.461 e. The second kappa shape index (κ2) is 13.2. The smallest absolute Gasteiger partial charge is 0.308 e. The van der Waals surface area contributed by atoms with Crippen LogP contribution in [0.5, 0.6) is 0 Å². The van der Waals surface area contributed by atoms with E-state index in [1.54, 1.807) is 4.90 Å². The lowest BCUT2D eigenvalue weighted by atomic mass is 9.79. The third-order valence-electron chi connectivity index (χ3n) is 8.90. The Kier molecular flexibility index (Phi) is 8.73. The Bertz CT molecular complexity index is 1520. The molecule has 0 aromatic heterocycles. The van der Waals surface area contributed by atoms with E-state index >= 15 is 0 Å². The number of ether oxygens (including phenoxy) is 1. The second-order valence-corrected chi connectivity index (χ2v) is 11.6. The van der Waals surface area contributed by atoms with E-state index in [9.17, 15) is 14.4 Å². The van der Waals surface area contributed by atoms with Gasteiger partial charge >= 0.3 is 5.97 Å². The molecule has 2 amide bonds. The first-order valence-electron chi connectivity index (χ1n) is 15.3. The Hall–Kier alpha value is -4.91. The fourth-order valence-electron chi connectivity index (χ4n) is 6.47. The van der Waals surface area contributed by atoms with E-state index in [0.29, 0.717) is 32.5 Å². The summed E-state index contributed by atoms with van der Waals surface area (Å²) in [5.41, 5.74) is 3.07. The number of para-hydroxylation sites is 1. The summed E-state index contributed by atoms with van der Waals surface area (Å²) in [7, 11) is 0. The van der Waals surface area contributed by atoms with Crippen molar-refractivity contribution in [1.82, 2.24) is 10.2 Å². The van der Waals surface area contributed by atoms with Crippen LogP contribution in [-0.4, -0.2) is 53.9 Å². The van der Waals surface area contributed by atoms with Gasteiger partial charge in [0.05, 0.1) is 6.42 Å². The summed E-state index contributed by atoms with van der Waals surface area (Å²) < 4.78 is 5.50. The van der Waals surface area contributed by atoms with E-state index in [1.165, 1.54) is 0 Å². The molecule has 1 N–H and O–H groups in total. The van der Waals surface area contributed by atoms with Crippen LogP contribution in [0.4, 0.5) is 5.69 Å². The quantitative estimate of drug-likeness (QED) is 0.268. The predicted octanol–water partition coefficient (Wildman–Crippen LogP) is 5.32. The average molecular weight is 588 g/mol. The van der Waals surface area contributed by atoms with Gasteiger partial charge in [-0.05, 0) is 41.7 Å². The first-order valence-corrected chi connectivity index (χ1v) is 15.3. The highest BCUT2D eigenvalue weighted by atomic mass is 16.5. The highest BCUT2D eigenvalue weighted by Crippen LogP contribution is 2.38. The van der Waals surface area contributed by atoms with Crippen LogP contribution in [0, 0.1) is 0 Å². The van der Waals surface area contributed by atoms with Crippen LogP contribution in [-0.2, 0) is 25.7 Å². The van der Waals surface area contributed by atoms with Crippen LogP contribution >= 0.6 is 0 Å². The van der Waals surface area contributed by atoms with E-state index in [4.69, 9.17) is 4.74 Å². The van der Waals surface area contributed by atoms with Crippen molar-refractivity contribution < 1.29 is 19.1 Å². The first kappa shape index (κ1) is 29.2. The minimum atomic E-state index is -1.02. The topological polar surface area (TPSA) is 79.0 Å². The Balaban J connectivity index is 1.28. The summed E-state index contributed by atoms with van der Waals surface area (Å²) in [4.78, 5) is 45.5. The van der Waals surface area contributed by atoms with Crippen molar-refractivity contribution >= 4 is 23.5 Å². The Morgan fingerprint density at radius 3 is 1.86 bits per heavy atom. The summed E-state index contributed by atoms with van der Waals surface area (Å²) in [6.45, 7) is 1.70. The molecule has 7 heteroatoms. The molecular weight excluding hydrogens is 550 g/mol. The molecular formula is C37H37N3O4. The molecule has 6 rings (SSSR count). The van der Waals surface area contributed by atoms with E-state index < -0.39 is 17.6 Å². The van der Waals surface area contributed by atoms with E-state index in [2.05, 4.69) is 46.6 Å². The minimum Gasteiger partial charge on any atom is -0.461 e. The molecule has 0 bridgehead atoms. The Morgan fingerprint density at radius 2 is 1.30 bits per heavy atom. The lowest BCUT2D eigenvalue weighted by Crippen LogP contribution is -2.73. The van der Waals surface area contributed by atoms with Gasteiger partial charge in [0.2, 0.25) is 11.8 Å². The third kappa shape index (κ3) is 6.23. The lowest BCUT2D eigenvalue weighted by molar-refractivity contribution is -0.162. The maximum absolute atomic E-state index is 14.4. The Labute approximate surface area is 258 Å². The number of hydrogen-bond donors (Lipinski definition) is 1. The molecule has 44 heavy (non-hydrogen) atoms. The van der Waals surface area contributed by atoms with Crippen LogP contribution in [0.15, 0.2) is 121 Å². The third-order valence-corrected chi connectivity index (χ3v) is 8.90. The molecule has 0 saturated carbocycles. The summed E-state index contributed by atoms with van der Waals surface area (Å²) in [5, 5.41) is 2.94. The highest BCUT2D eigenvalue weighted by Gasteiger charge is 2.54. The molecule has 224 valence electrons. The number of rotatable bonds is 9. The second-order valence-electron chi connectivity index (χ2n) is 11.6. The van der Waals surface area contributed by atoms with Crippen LogP contribution < -0.4 is 10.2 Å². The van der Waals surface area contributed by atoms with Gasteiger partial charge in [-0.1, -0.05) is 109 Å². The Morgan fingerprint density at radius 1 is 0.773 bits per heavy atom. The molecule has 2 aliphatic heterocycles. The van der Waals surface area contributed by atoms with Gasteiger partial charge in [-0.25, -0.2) is 0 Å². The fraction of sp³-hybridized carbons (Fsp3) is 0.270. The van der Waals surface area contributed by atoms with Gasteiger partial charge in [0.25, 0.3) is 0 Å². The number of piperazine rings is 1. The van der Waals surface area contributed by atoms with Crippen molar-refractivity contribution in [3.63, 3.8) is 0 Å². The zero-order chi connectivity index (χ0) is 30.4. The molecule has 1 unspecified atom stereocenters. The highest BCUT2D eigenvalue weighted by molar-refractivity contribution is 6.01. The van der Waals surface area contributed by atoms with Gasteiger partial charge in [0.1, 0.15) is 18.2 Å². The number of nitrogens with zero attached hydrogens (tertiary/aromatic N) is 2. The molecule has 0 radical (unpaired) electrons. The van der Waals surface area contributed by atoms with Crippen LogP contribution in [0.2, 0.25) is 0 Å². The summed E-state index contributed by atoms with van der Waals surface area (Å²) in [6, 6.07) is 38.8. The van der Waals surface area contributed by atoms with Crippen molar-refractivity contribution in [2.45, 2.75) is 43.4 Å². The SMILES string of the molecule is O=C(CC1NC(=O)C2(CCN(c3ccccc3)CC2)N(CC(c2ccccc2)c2ccccc2)C1=O)OCc1ccccc1. The van der Waals surface area contributed by atoms with Crippen molar-refractivity contribution in [3.05, 3.63) is 138 Å². The molecule has 2 fully saturated rings. The molecule has 7 nitrogen and oxygen atoms in total. The number of nitrogens with one attached hydrogen (secondary N) is 1. The van der Waals surface area contributed by atoms with E-state index in [1.807, 2.05) is 84.9 Å². The van der Waals surface area contributed by atoms with Crippen LogP contribution in [0.1, 0.15) is 41.9 Å². The summed E-state index contributed by atoms with van der Waals surface area (Å²) in [6.07, 6.45) is 0.753. The molecule has 2 saturated heterocycles. The monoisotopic (exact) mass is 587 g/mol. The minimum absolute atomic E-state index is 0.113. The number of anilines is 1. The van der Waals surface area contributed by atoms with Crippen molar-refractivity contribution in [2.24, 2.45) is 0 Å². The van der Waals surface area contributed by atoms with E-state index in [-0.39, 0.29) is 30.8 Å². The van der Waals surface area contributed by atoms with E-state index in [0.717, 1.165) is 22.4 Å². The van der Waals surface area contributed by atoms with Gasteiger partial charge in [0.15, 0.2) is 0 Å². The maximum Gasteiger partial charge on any atom is 0.308 e. The molecule has 1 atom stereocenters. The first-order chi connectivity index (χ1) is 21.5. The number of esters is 1. The molecule has 0 aliphatic carbocycles. The normalized spacial score (nSPS) is 17.9. The van der Waals surface area contributed by atoms with Crippen molar-refractivity contribution in [1.29, 1.82) is 0 Å². The summed E-state index contributed by atoms with van der Waals surface area (Å²) >= 11 is 0. The fourth-order valence-corrected chi connectivity index (χ4v) is 6.47. The molecule has 4 aromatic carbocycles. The van der Waals surface area contributed by atoms with Crippen LogP contribution in [0.25, 0.3) is 0 Å². The van der Waals surface area contributed by atoms with Crippen molar-refractivity contribution in [2.75, 3.05) is 24.5 Å². The standard InChI is InChI=1S/C37H37N3O4/c41-34(44-27-28-13-5-1-6-14-28)25-33-35(42)40(26-32(29-15-7-2-8-16-29)30-17-9-3-10-18-30)37(36(43)38-33)21-23-39(24-22-37)31-19-11-4-12-20-31/h1-20,32-33H,21-27H2,(H,38,43). The van der Waals surface area contributed by atoms with Gasteiger partial charge in [0, 0.05) is 31.2 Å². The van der Waals surface area contributed by atoms with Gasteiger partial charge in [-0.3, -0.25) is 14.4 Å². The van der Waals surface area contributed by atoms with Crippen LogP contribution in [0.3, 0.4) is 0 Å². The summed E-state index contributed by atoms with van der Waals surface area (Å²) in [5.74, 6) is -1.12. The number of benzene rings is 4. The van der Waals surface area contributed by atoms with Gasteiger partial charge < -0.3 is 19.9 Å². The lowest BCUT2D eigenvalue weighted by Gasteiger charge is -2.52. The number of piperidine rings is 1. The number of carbonyl (C=O) groups is 3. The molecule has 1 spiro atoms. The predicted molar refractivity (Wildman–Crippen MR) is 170 cm³/mol. The maximum atomic E-state index is 14.4.